The Balaban J connectivity index is 0.000000194. The van der Waals surface area contributed by atoms with Crippen LogP contribution in [0.5, 0.6) is 0 Å². The van der Waals surface area contributed by atoms with E-state index in [0.29, 0.717) is 41.1 Å². The maximum Gasteiger partial charge on any atom is 0.188 e. The number of anilines is 1. The molecule has 0 fully saturated rings. The van der Waals surface area contributed by atoms with Gasteiger partial charge in [0.25, 0.3) is 0 Å². The van der Waals surface area contributed by atoms with Crippen LogP contribution in [0.4, 0.5) is 32.0 Å². The topological polar surface area (TPSA) is 42.3 Å². The number of aryl methyl sites for hydroxylation is 3. The highest BCUT2D eigenvalue weighted by Gasteiger charge is 2.39. The van der Waals surface area contributed by atoms with Crippen LogP contribution in [-0.4, -0.2) is 10.4 Å². The Labute approximate surface area is 285 Å². The minimum Gasteiger partial charge on any atom is -0.339 e. The zero-order chi connectivity index (χ0) is 36.6. The molecule has 0 radical (unpaired) electrons. The van der Waals surface area contributed by atoms with E-state index >= 15 is 0 Å². The summed E-state index contributed by atoms with van der Waals surface area (Å²) in [6.07, 6.45) is 3.16. The van der Waals surface area contributed by atoms with Crippen LogP contribution < -0.4 is 10.3 Å². The number of benzene rings is 4. The van der Waals surface area contributed by atoms with E-state index in [-0.39, 0.29) is 28.0 Å². The number of halogens is 6. The van der Waals surface area contributed by atoms with Gasteiger partial charge in [-0.1, -0.05) is 43.3 Å². The Morgan fingerprint density at radius 1 is 0.620 bits per heavy atom. The van der Waals surface area contributed by atoms with Gasteiger partial charge in [0.1, 0.15) is 34.9 Å². The molecule has 0 bridgehead atoms. The van der Waals surface area contributed by atoms with Gasteiger partial charge in [-0.05, 0) is 57.9 Å². The fraction of sp³-hybridized carbons (Fsp3) is 0.200. The molecule has 0 aliphatic carbocycles. The lowest BCUT2D eigenvalue weighted by molar-refractivity contribution is -0.119. The van der Waals surface area contributed by atoms with Crippen molar-refractivity contribution in [2.45, 2.75) is 47.6 Å². The van der Waals surface area contributed by atoms with Crippen molar-refractivity contribution in [2.24, 2.45) is 5.92 Å². The van der Waals surface area contributed by atoms with Gasteiger partial charge in [0.15, 0.2) is 11.2 Å². The van der Waals surface area contributed by atoms with Gasteiger partial charge in [0.05, 0.1) is 17.3 Å². The minimum atomic E-state index is -1.05. The lowest BCUT2D eigenvalue weighted by Crippen LogP contribution is -2.39. The number of pyridine rings is 1. The Hall–Kier alpha value is -5.38. The summed E-state index contributed by atoms with van der Waals surface area (Å²) < 4.78 is 85.9. The summed E-state index contributed by atoms with van der Waals surface area (Å²) in [5.74, 6) is -6.94. The summed E-state index contributed by atoms with van der Waals surface area (Å²) in [7, 11) is 0. The van der Waals surface area contributed by atoms with Gasteiger partial charge < -0.3 is 9.47 Å². The zero-order valence-electron chi connectivity index (χ0n) is 28.2. The van der Waals surface area contributed by atoms with E-state index in [1.54, 1.807) is 54.8 Å². The molecule has 5 aromatic rings. The maximum absolute atomic E-state index is 14.4. The normalized spacial score (nSPS) is 15.8. The fourth-order valence-electron chi connectivity index (χ4n) is 6.39. The Bertz CT molecular complexity index is 2180. The molecular weight excluding hydrogens is 654 g/mol. The van der Waals surface area contributed by atoms with Crippen LogP contribution in [0.2, 0.25) is 0 Å². The summed E-state index contributed by atoms with van der Waals surface area (Å²) in [4.78, 5) is 26.5. The first-order valence-corrected chi connectivity index (χ1v) is 15.8. The average Bonchev–Trinajstić information content (AvgIpc) is 3.04. The van der Waals surface area contributed by atoms with Crippen LogP contribution in [0.25, 0.3) is 16.9 Å². The van der Waals surface area contributed by atoms with Crippen molar-refractivity contribution in [2.75, 3.05) is 4.90 Å². The number of Topliss-reactive ketones (excluding diaryl/α,β-unsaturated/α-hetero) is 1. The third-order valence-corrected chi connectivity index (χ3v) is 8.88. The number of allylic oxidation sites excluding steroid dienone is 1. The highest BCUT2D eigenvalue weighted by Crippen LogP contribution is 2.42. The molecule has 1 aliphatic rings. The van der Waals surface area contributed by atoms with E-state index < -0.39 is 52.4 Å². The molecule has 50 heavy (non-hydrogen) atoms. The lowest BCUT2D eigenvalue weighted by atomic mass is 9.83. The second kappa shape index (κ2) is 14.2. The molecule has 0 spiro atoms. The summed E-state index contributed by atoms with van der Waals surface area (Å²) in [6, 6.07) is 16.3. The highest BCUT2D eigenvalue weighted by molar-refractivity contribution is 5.99. The molecule has 2 atom stereocenters. The Morgan fingerprint density at radius 3 is 1.62 bits per heavy atom. The monoisotopic (exact) mass is 688 g/mol. The Morgan fingerprint density at radius 2 is 1.10 bits per heavy atom. The van der Waals surface area contributed by atoms with Crippen molar-refractivity contribution in [3.05, 3.63) is 164 Å². The molecule has 0 saturated heterocycles. The molecule has 2 heterocycles. The third-order valence-electron chi connectivity index (χ3n) is 8.88. The second-order valence-electron chi connectivity index (χ2n) is 12.4. The van der Waals surface area contributed by atoms with Crippen molar-refractivity contribution in [3.8, 4) is 16.9 Å². The molecule has 6 rings (SSSR count). The van der Waals surface area contributed by atoms with Crippen LogP contribution in [-0.2, 0) is 4.79 Å². The van der Waals surface area contributed by atoms with Crippen LogP contribution >= 0.6 is 0 Å². The standard InChI is InChI=1S/C20H18F3NO.C20H16F3NO/c2*1-11-6-4-5-7-17(11)24-10-12(2)20(25)13(3)19(24)18-15(22)8-14(21)9-16(18)23/h4-10,13,19H,1-3H3;4-10H,1-3H3. The molecule has 10 heteroatoms. The molecule has 1 aromatic heterocycles. The van der Waals surface area contributed by atoms with Crippen LogP contribution in [0.3, 0.4) is 0 Å². The predicted molar refractivity (Wildman–Crippen MR) is 182 cm³/mol. The van der Waals surface area contributed by atoms with Crippen molar-refractivity contribution in [1.82, 2.24) is 4.57 Å². The van der Waals surface area contributed by atoms with Crippen molar-refractivity contribution in [3.63, 3.8) is 0 Å². The lowest BCUT2D eigenvalue weighted by Gasteiger charge is -2.39. The van der Waals surface area contributed by atoms with Crippen molar-refractivity contribution in [1.29, 1.82) is 0 Å². The number of rotatable bonds is 4. The van der Waals surface area contributed by atoms with E-state index in [1.807, 2.05) is 50.2 Å². The van der Waals surface area contributed by atoms with Gasteiger partial charge in [-0.15, -0.1) is 0 Å². The third kappa shape index (κ3) is 6.75. The molecule has 4 nitrogen and oxygen atoms in total. The van der Waals surface area contributed by atoms with E-state index in [2.05, 4.69) is 0 Å². The maximum atomic E-state index is 14.4. The quantitative estimate of drug-likeness (QED) is 0.177. The molecule has 1 aliphatic heterocycles. The molecule has 0 saturated carbocycles. The summed E-state index contributed by atoms with van der Waals surface area (Å²) in [6.45, 7) is 10.2. The van der Waals surface area contributed by atoms with E-state index in [0.717, 1.165) is 16.8 Å². The van der Waals surface area contributed by atoms with E-state index in [1.165, 1.54) is 6.92 Å². The minimum absolute atomic E-state index is 0.0832. The first-order valence-electron chi connectivity index (χ1n) is 15.8. The number of hydrogen-bond acceptors (Lipinski definition) is 3. The summed E-state index contributed by atoms with van der Waals surface area (Å²) in [5, 5.41) is 0. The second-order valence-corrected chi connectivity index (χ2v) is 12.4. The zero-order valence-corrected chi connectivity index (χ0v) is 28.2. The van der Waals surface area contributed by atoms with Gasteiger partial charge in [0.2, 0.25) is 0 Å². The number of ketones is 1. The predicted octanol–water partition coefficient (Wildman–Crippen LogP) is 9.93. The molecule has 2 unspecified atom stereocenters. The SMILES string of the molecule is CC1=CN(c2ccccc2C)C(c2c(F)cc(F)cc2F)C(C)C1=O.Cc1ccccc1-n1cc(C)c(=O)c(C)c1-c1c(F)cc(F)cc1F. The van der Waals surface area contributed by atoms with E-state index in [9.17, 15) is 35.9 Å². The number of carbonyl (C=O) groups excluding carboxylic acids is 1. The number of hydrogen-bond donors (Lipinski definition) is 0. The summed E-state index contributed by atoms with van der Waals surface area (Å²) in [5.41, 5.74) is 3.43. The fourth-order valence-corrected chi connectivity index (χ4v) is 6.39. The van der Waals surface area contributed by atoms with Crippen LogP contribution in [0, 0.1) is 68.5 Å². The van der Waals surface area contributed by atoms with Gasteiger partial charge in [-0.3, -0.25) is 9.59 Å². The molecular formula is C40H34F6N2O2. The number of carbonyl (C=O) groups is 1. The number of para-hydroxylation sites is 2. The van der Waals surface area contributed by atoms with E-state index in [4.69, 9.17) is 0 Å². The molecule has 258 valence electrons. The molecule has 0 amide bonds. The van der Waals surface area contributed by atoms with Crippen molar-refractivity contribution >= 4 is 11.5 Å². The van der Waals surface area contributed by atoms with Gasteiger partial charge in [-0.2, -0.15) is 0 Å². The molecule has 0 N–H and O–H groups in total. The number of aromatic nitrogens is 1. The van der Waals surface area contributed by atoms with Crippen molar-refractivity contribution < 1.29 is 31.1 Å². The van der Waals surface area contributed by atoms with Gasteiger partial charge >= 0.3 is 0 Å². The first kappa shape index (κ1) is 35.9. The smallest absolute Gasteiger partial charge is 0.188 e. The van der Waals surface area contributed by atoms with Gasteiger partial charge in [-0.25, -0.2) is 26.3 Å². The first-order chi connectivity index (χ1) is 23.6. The van der Waals surface area contributed by atoms with Crippen LogP contribution in [0.15, 0.2) is 95.6 Å². The summed E-state index contributed by atoms with van der Waals surface area (Å²) >= 11 is 0. The largest absolute Gasteiger partial charge is 0.339 e. The van der Waals surface area contributed by atoms with Crippen LogP contribution in [0.1, 0.15) is 47.7 Å². The average molecular weight is 689 g/mol. The Kier molecular flexibility index (Phi) is 10.2. The van der Waals surface area contributed by atoms with Gasteiger partial charge in [0, 0.05) is 76.2 Å². The number of nitrogens with zero attached hydrogens (tertiary/aromatic N) is 2. The highest BCUT2D eigenvalue weighted by atomic mass is 19.2. The molecule has 4 aromatic carbocycles.